The summed E-state index contributed by atoms with van der Waals surface area (Å²) in [6.07, 6.45) is 0. The minimum atomic E-state index is -0.0906. The smallest absolute Gasteiger partial charge is 0.238 e. The number of benzene rings is 3. The first-order chi connectivity index (χ1) is 14.2. The molecule has 150 valence electrons. The van der Waals surface area contributed by atoms with Gasteiger partial charge in [-0.05, 0) is 11.1 Å². The summed E-state index contributed by atoms with van der Waals surface area (Å²) in [6.45, 7) is 1.64. The lowest BCUT2D eigenvalue weighted by atomic mass is 10.1. The van der Waals surface area contributed by atoms with Crippen molar-refractivity contribution in [2.75, 3.05) is 26.1 Å². The molecular weight excluding hydrogens is 364 g/mol. The van der Waals surface area contributed by atoms with Crippen LogP contribution in [0, 0.1) is 0 Å². The average Bonchev–Trinajstić information content (AvgIpc) is 2.74. The van der Waals surface area contributed by atoms with E-state index in [1.807, 2.05) is 36.4 Å². The standard InChI is InChI=1S/C24H26N2O3/c1-28-22-13-21(14-23(15-22)29-2)25-24(27)18-26(16-19-9-5-3-6-10-19)17-20-11-7-4-8-12-20/h3-15H,16-18H2,1-2H3,(H,25,27). The van der Waals surface area contributed by atoms with Crippen molar-refractivity contribution in [1.29, 1.82) is 0 Å². The highest BCUT2D eigenvalue weighted by atomic mass is 16.5. The van der Waals surface area contributed by atoms with Crippen LogP contribution >= 0.6 is 0 Å². The molecule has 3 aromatic rings. The molecule has 0 radical (unpaired) electrons. The van der Waals surface area contributed by atoms with Gasteiger partial charge in [0.05, 0.1) is 20.8 Å². The van der Waals surface area contributed by atoms with Gasteiger partial charge in [-0.25, -0.2) is 0 Å². The second-order valence-electron chi connectivity index (χ2n) is 6.77. The number of amides is 1. The van der Waals surface area contributed by atoms with E-state index in [9.17, 15) is 4.79 Å². The summed E-state index contributed by atoms with van der Waals surface area (Å²) in [5, 5.41) is 2.95. The van der Waals surface area contributed by atoms with E-state index in [-0.39, 0.29) is 12.5 Å². The van der Waals surface area contributed by atoms with Gasteiger partial charge in [-0.3, -0.25) is 9.69 Å². The number of ether oxygens (including phenoxy) is 2. The maximum absolute atomic E-state index is 12.8. The molecule has 3 rings (SSSR count). The Morgan fingerprint density at radius 1 is 0.793 bits per heavy atom. The molecule has 5 nitrogen and oxygen atoms in total. The maximum Gasteiger partial charge on any atom is 0.238 e. The largest absolute Gasteiger partial charge is 0.497 e. The van der Waals surface area contributed by atoms with Crippen LogP contribution in [0.3, 0.4) is 0 Å². The van der Waals surface area contributed by atoms with Crippen LogP contribution in [-0.4, -0.2) is 31.6 Å². The summed E-state index contributed by atoms with van der Waals surface area (Å²) < 4.78 is 10.6. The van der Waals surface area contributed by atoms with E-state index in [2.05, 4.69) is 34.5 Å². The number of hydrogen-bond acceptors (Lipinski definition) is 4. The first-order valence-electron chi connectivity index (χ1n) is 9.49. The Balaban J connectivity index is 1.71. The molecule has 0 aliphatic carbocycles. The SMILES string of the molecule is COc1cc(NC(=O)CN(Cc2ccccc2)Cc2ccccc2)cc(OC)c1. The Kier molecular flexibility index (Phi) is 7.25. The van der Waals surface area contributed by atoms with Crippen LogP contribution in [0.15, 0.2) is 78.9 Å². The quantitative estimate of drug-likeness (QED) is 0.590. The second kappa shape index (κ2) is 10.3. The lowest BCUT2D eigenvalue weighted by Gasteiger charge is -2.22. The van der Waals surface area contributed by atoms with E-state index >= 15 is 0 Å². The second-order valence-corrected chi connectivity index (χ2v) is 6.77. The van der Waals surface area contributed by atoms with Gasteiger partial charge in [0, 0.05) is 37.0 Å². The van der Waals surface area contributed by atoms with Crippen molar-refractivity contribution >= 4 is 11.6 Å². The first kappa shape index (κ1) is 20.4. The van der Waals surface area contributed by atoms with Crippen molar-refractivity contribution in [2.24, 2.45) is 0 Å². The fourth-order valence-corrected chi connectivity index (χ4v) is 3.13. The number of methoxy groups -OCH3 is 2. The molecule has 0 atom stereocenters. The third-order valence-corrected chi connectivity index (χ3v) is 4.50. The van der Waals surface area contributed by atoms with Crippen LogP contribution in [0.5, 0.6) is 11.5 Å². The molecule has 0 fully saturated rings. The molecule has 5 heteroatoms. The fraction of sp³-hybridized carbons (Fsp3) is 0.208. The molecule has 29 heavy (non-hydrogen) atoms. The highest BCUT2D eigenvalue weighted by molar-refractivity contribution is 5.92. The van der Waals surface area contributed by atoms with Crippen molar-refractivity contribution in [3.8, 4) is 11.5 Å². The molecule has 0 aliphatic rings. The maximum atomic E-state index is 12.8. The molecule has 0 bridgehead atoms. The molecule has 0 spiro atoms. The Hall–Kier alpha value is -3.31. The van der Waals surface area contributed by atoms with Crippen LogP contribution < -0.4 is 14.8 Å². The van der Waals surface area contributed by atoms with Crippen molar-refractivity contribution in [1.82, 2.24) is 4.90 Å². The number of carbonyl (C=O) groups excluding carboxylic acids is 1. The summed E-state index contributed by atoms with van der Waals surface area (Å²) >= 11 is 0. The lowest BCUT2D eigenvalue weighted by Crippen LogP contribution is -2.32. The normalized spacial score (nSPS) is 10.6. The highest BCUT2D eigenvalue weighted by Crippen LogP contribution is 2.25. The van der Waals surface area contributed by atoms with Crippen molar-refractivity contribution in [3.63, 3.8) is 0 Å². The van der Waals surface area contributed by atoms with Crippen LogP contribution in [0.1, 0.15) is 11.1 Å². The van der Waals surface area contributed by atoms with E-state index in [0.29, 0.717) is 30.3 Å². The third-order valence-electron chi connectivity index (χ3n) is 4.50. The molecular formula is C24H26N2O3. The minimum absolute atomic E-state index is 0.0906. The van der Waals surface area contributed by atoms with Gasteiger partial charge in [0.1, 0.15) is 11.5 Å². The van der Waals surface area contributed by atoms with Gasteiger partial charge in [-0.15, -0.1) is 0 Å². The Bertz CT molecular complexity index is 850. The van der Waals surface area contributed by atoms with Crippen molar-refractivity contribution < 1.29 is 14.3 Å². The van der Waals surface area contributed by atoms with Gasteiger partial charge in [0.15, 0.2) is 0 Å². The Morgan fingerprint density at radius 2 is 1.28 bits per heavy atom. The molecule has 1 N–H and O–H groups in total. The molecule has 0 aromatic heterocycles. The summed E-state index contributed by atoms with van der Waals surface area (Å²) in [7, 11) is 3.17. The lowest BCUT2D eigenvalue weighted by molar-refractivity contribution is -0.117. The first-order valence-corrected chi connectivity index (χ1v) is 9.49. The van der Waals surface area contributed by atoms with E-state index in [1.54, 1.807) is 32.4 Å². The molecule has 0 heterocycles. The van der Waals surface area contributed by atoms with Crippen LogP contribution in [0.25, 0.3) is 0 Å². The number of anilines is 1. The van der Waals surface area contributed by atoms with E-state index in [4.69, 9.17) is 9.47 Å². The van der Waals surface area contributed by atoms with Gasteiger partial charge in [0.2, 0.25) is 5.91 Å². The van der Waals surface area contributed by atoms with Gasteiger partial charge >= 0.3 is 0 Å². The van der Waals surface area contributed by atoms with Crippen LogP contribution in [0.2, 0.25) is 0 Å². The average molecular weight is 390 g/mol. The molecule has 0 saturated carbocycles. The third kappa shape index (κ3) is 6.36. The minimum Gasteiger partial charge on any atom is -0.497 e. The van der Waals surface area contributed by atoms with Gasteiger partial charge in [0.25, 0.3) is 0 Å². The molecule has 1 amide bonds. The van der Waals surface area contributed by atoms with Crippen molar-refractivity contribution in [2.45, 2.75) is 13.1 Å². The monoisotopic (exact) mass is 390 g/mol. The molecule has 0 aliphatic heterocycles. The van der Waals surface area contributed by atoms with E-state index < -0.39 is 0 Å². The Labute approximate surface area is 171 Å². The molecule has 3 aromatic carbocycles. The van der Waals surface area contributed by atoms with E-state index in [1.165, 1.54) is 11.1 Å². The zero-order valence-electron chi connectivity index (χ0n) is 16.8. The van der Waals surface area contributed by atoms with Gasteiger partial charge < -0.3 is 14.8 Å². The molecule has 0 unspecified atom stereocenters. The number of carbonyl (C=O) groups is 1. The van der Waals surface area contributed by atoms with Gasteiger partial charge in [-0.2, -0.15) is 0 Å². The van der Waals surface area contributed by atoms with Gasteiger partial charge in [-0.1, -0.05) is 60.7 Å². The summed E-state index contributed by atoms with van der Waals surface area (Å²) in [4.78, 5) is 14.9. The summed E-state index contributed by atoms with van der Waals surface area (Å²) in [6, 6.07) is 25.7. The topological polar surface area (TPSA) is 50.8 Å². The fourth-order valence-electron chi connectivity index (χ4n) is 3.13. The number of nitrogens with zero attached hydrogens (tertiary/aromatic N) is 1. The highest BCUT2D eigenvalue weighted by Gasteiger charge is 2.13. The van der Waals surface area contributed by atoms with Crippen LogP contribution in [0.4, 0.5) is 5.69 Å². The van der Waals surface area contributed by atoms with Crippen LogP contribution in [-0.2, 0) is 17.9 Å². The van der Waals surface area contributed by atoms with Crippen molar-refractivity contribution in [3.05, 3.63) is 90.0 Å². The number of rotatable bonds is 9. The molecule has 0 saturated heterocycles. The summed E-state index contributed by atoms with van der Waals surface area (Å²) in [5.74, 6) is 1.17. The zero-order valence-corrected chi connectivity index (χ0v) is 16.8. The predicted octanol–water partition coefficient (Wildman–Crippen LogP) is 4.34. The number of nitrogens with one attached hydrogen (secondary N) is 1. The Morgan fingerprint density at radius 3 is 1.72 bits per heavy atom. The summed E-state index contributed by atoms with van der Waals surface area (Å²) in [5.41, 5.74) is 2.98. The number of hydrogen-bond donors (Lipinski definition) is 1. The zero-order chi connectivity index (χ0) is 20.5. The van der Waals surface area contributed by atoms with E-state index in [0.717, 1.165) is 0 Å². The predicted molar refractivity (Wildman–Crippen MR) is 115 cm³/mol.